The van der Waals surface area contributed by atoms with E-state index in [1.54, 1.807) is 11.8 Å². The lowest BCUT2D eigenvalue weighted by atomic mass is 10.1. The van der Waals surface area contributed by atoms with Crippen molar-refractivity contribution in [1.29, 1.82) is 0 Å². The van der Waals surface area contributed by atoms with Crippen LogP contribution >= 0.6 is 50.6 Å². The van der Waals surface area contributed by atoms with Crippen LogP contribution in [-0.2, 0) is 0 Å². The third-order valence-corrected chi connectivity index (χ3v) is 5.71. The molecule has 5 heteroatoms. The molecule has 90 valence electrons. The quantitative estimate of drug-likeness (QED) is 0.790. The Hall–Kier alpha value is -0.000000000000000139. The van der Waals surface area contributed by atoms with Crippen molar-refractivity contribution in [2.75, 3.05) is 6.26 Å². The first kappa shape index (κ1) is 13.4. The Kier molecular flexibility index (Phi) is 4.55. The second-order valence-corrected chi connectivity index (χ2v) is 6.80. The van der Waals surface area contributed by atoms with Crippen molar-refractivity contribution in [1.82, 2.24) is 0 Å². The Balaban J connectivity index is 2.39. The molecule has 1 N–H and O–H groups in total. The summed E-state index contributed by atoms with van der Waals surface area (Å²) >= 11 is 12.4. The fourth-order valence-corrected chi connectivity index (χ4v) is 3.92. The summed E-state index contributed by atoms with van der Waals surface area (Å²) in [6, 6.07) is 9.72. The van der Waals surface area contributed by atoms with E-state index in [0.717, 1.165) is 19.8 Å². The minimum atomic E-state index is -0.618. The van der Waals surface area contributed by atoms with Gasteiger partial charge in [0.05, 0.1) is 0 Å². The van der Waals surface area contributed by atoms with E-state index in [1.165, 1.54) is 11.3 Å². The molecule has 1 aromatic heterocycles. The fraction of sp³-hybridized carbons (Fsp3) is 0.167. The Labute approximate surface area is 122 Å². The molecule has 1 heterocycles. The molecule has 0 radical (unpaired) electrons. The van der Waals surface area contributed by atoms with Crippen LogP contribution in [0, 0.1) is 0 Å². The van der Waals surface area contributed by atoms with Crippen LogP contribution in [0.2, 0.25) is 4.34 Å². The number of benzene rings is 1. The second-order valence-electron chi connectivity index (χ2n) is 3.41. The first-order chi connectivity index (χ1) is 8.13. The van der Waals surface area contributed by atoms with Gasteiger partial charge >= 0.3 is 0 Å². The van der Waals surface area contributed by atoms with Gasteiger partial charge < -0.3 is 5.11 Å². The van der Waals surface area contributed by atoms with E-state index in [-0.39, 0.29) is 0 Å². The highest BCUT2D eigenvalue weighted by molar-refractivity contribution is 9.10. The van der Waals surface area contributed by atoms with Gasteiger partial charge in [-0.1, -0.05) is 29.8 Å². The molecule has 0 aliphatic rings. The molecule has 0 saturated carbocycles. The summed E-state index contributed by atoms with van der Waals surface area (Å²) in [5.41, 5.74) is 0.922. The van der Waals surface area contributed by atoms with E-state index >= 15 is 0 Å². The average molecular weight is 350 g/mol. The van der Waals surface area contributed by atoms with E-state index in [0.29, 0.717) is 4.34 Å². The standard InChI is InChI=1S/C12H10BrClOS2/c1-16-9-5-3-2-4-7(9)11(15)10-6-8(13)12(14)17-10/h2-6,11,15H,1H3. The highest BCUT2D eigenvalue weighted by atomic mass is 79.9. The highest BCUT2D eigenvalue weighted by Crippen LogP contribution is 2.39. The van der Waals surface area contributed by atoms with E-state index in [2.05, 4.69) is 15.9 Å². The minimum Gasteiger partial charge on any atom is -0.383 e. The van der Waals surface area contributed by atoms with Gasteiger partial charge in [-0.15, -0.1) is 23.1 Å². The number of thioether (sulfide) groups is 1. The molecule has 1 unspecified atom stereocenters. The molecule has 0 fully saturated rings. The maximum Gasteiger partial charge on any atom is 0.114 e. The van der Waals surface area contributed by atoms with E-state index in [1.807, 2.05) is 36.6 Å². The Morgan fingerprint density at radius 1 is 1.41 bits per heavy atom. The van der Waals surface area contributed by atoms with Gasteiger partial charge in [0.2, 0.25) is 0 Å². The molecule has 0 amide bonds. The molecule has 1 atom stereocenters. The van der Waals surface area contributed by atoms with Crippen LogP contribution in [0.5, 0.6) is 0 Å². The topological polar surface area (TPSA) is 20.2 Å². The summed E-state index contributed by atoms with van der Waals surface area (Å²) in [7, 11) is 0. The van der Waals surface area contributed by atoms with Gasteiger partial charge in [-0.3, -0.25) is 0 Å². The summed E-state index contributed by atoms with van der Waals surface area (Å²) in [4.78, 5) is 1.93. The SMILES string of the molecule is CSc1ccccc1C(O)c1cc(Br)c(Cl)s1. The molecule has 0 aliphatic heterocycles. The van der Waals surface area contributed by atoms with Gasteiger partial charge in [0.1, 0.15) is 10.4 Å². The lowest BCUT2D eigenvalue weighted by molar-refractivity contribution is 0.221. The summed E-state index contributed by atoms with van der Waals surface area (Å²) in [6.07, 6.45) is 1.38. The van der Waals surface area contributed by atoms with E-state index in [4.69, 9.17) is 11.6 Å². The molecule has 0 saturated heterocycles. The molecular formula is C12H10BrClOS2. The molecule has 0 spiro atoms. The normalized spacial score (nSPS) is 12.7. The van der Waals surface area contributed by atoms with Crippen molar-refractivity contribution in [3.8, 4) is 0 Å². The Morgan fingerprint density at radius 3 is 2.71 bits per heavy atom. The molecular weight excluding hydrogens is 340 g/mol. The molecule has 0 aliphatic carbocycles. The molecule has 1 nitrogen and oxygen atoms in total. The lowest BCUT2D eigenvalue weighted by Crippen LogP contribution is -1.98. The van der Waals surface area contributed by atoms with Crippen molar-refractivity contribution < 1.29 is 5.11 Å². The van der Waals surface area contributed by atoms with Crippen LogP contribution in [0.3, 0.4) is 0 Å². The van der Waals surface area contributed by atoms with Gasteiger partial charge in [-0.05, 0) is 39.9 Å². The second kappa shape index (κ2) is 5.76. The van der Waals surface area contributed by atoms with Crippen LogP contribution in [0.4, 0.5) is 0 Å². The average Bonchev–Trinajstić information content (AvgIpc) is 2.68. The number of rotatable bonds is 3. The van der Waals surface area contributed by atoms with Gasteiger partial charge in [0.15, 0.2) is 0 Å². The summed E-state index contributed by atoms with van der Waals surface area (Å²) in [5, 5.41) is 10.4. The van der Waals surface area contributed by atoms with Crippen LogP contribution in [-0.4, -0.2) is 11.4 Å². The number of aliphatic hydroxyl groups is 1. The first-order valence-corrected chi connectivity index (χ1v) is 8.10. The molecule has 17 heavy (non-hydrogen) atoms. The number of aliphatic hydroxyl groups excluding tert-OH is 1. The van der Waals surface area contributed by atoms with Crippen molar-refractivity contribution in [3.05, 3.63) is 49.6 Å². The van der Waals surface area contributed by atoms with Gasteiger partial charge in [0.25, 0.3) is 0 Å². The van der Waals surface area contributed by atoms with E-state index < -0.39 is 6.10 Å². The van der Waals surface area contributed by atoms with Crippen molar-refractivity contribution in [2.24, 2.45) is 0 Å². The number of halogens is 2. The van der Waals surface area contributed by atoms with Crippen molar-refractivity contribution >= 4 is 50.6 Å². The highest BCUT2D eigenvalue weighted by Gasteiger charge is 2.17. The van der Waals surface area contributed by atoms with Crippen LogP contribution in [0.1, 0.15) is 16.5 Å². The third-order valence-electron chi connectivity index (χ3n) is 2.37. The summed E-state index contributed by atoms with van der Waals surface area (Å²) in [5.74, 6) is 0. The van der Waals surface area contributed by atoms with Crippen LogP contribution < -0.4 is 0 Å². The number of thiophene rings is 1. The largest absolute Gasteiger partial charge is 0.383 e. The van der Waals surface area contributed by atoms with Crippen LogP contribution in [0.15, 0.2) is 39.7 Å². The fourth-order valence-electron chi connectivity index (χ4n) is 1.54. The summed E-state index contributed by atoms with van der Waals surface area (Å²) in [6.45, 7) is 0. The predicted octanol–water partition coefficient (Wildman–Crippen LogP) is 4.97. The smallest absolute Gasteiger partial charge is 0.114 e. The lowest BCUT2D eigenvalue weighted by Gasteiger charge is -2.12. The predicted molar refractivity (Wildman–Crippen MR) is 79.3 cm³/mol. The maximum absolute atomic E-state index is 10.4. The molecule has 2 aromatic rings. The summed E-state index contributed by atoms with van der Waals surface area (Å²) < 4.78 is 1.50. The molecule has 2 rings (SSSR count). The van der Waals surface area contributed by atoms with Crippen LogP contribution in [0.25, 0.3) is 0 Å². The third kappa shape index (κ3) is 2.88. The Morgan fingerprint density at radius 2 is 2.12 bits per heavy atom. The number of hydrogen-bond donors (Lipinski definition) is 1. The zero-order chi connectivity index (χ0) is 12.4. The maximum atomic E-state index is 10.4. The van der Waals surface area contributed by atoms with Crippen molar-refractivity contribution in [2.45, 2.75) is 11.0 Å². The van der Waals surface area contributed by atoms with Gasteiger partial charge in [-0.25, -0.2) is 0 Å². The van der Waals surface area contributed by atoms with Gasteiger partial charge in [0, 0.05) is 14.2 Å². The zero-order valence-corrected chi connectivity index (χ0v) is 13.0. The Bertz CT molecular complexity index is 507. The monoisotopic (exact) mass is 348 g/mol. The zero-order valence-electron chi connectivity index (χ0n) is 8.98. The molecule has 1 aromatic carbocycles. The first-order valence-electron chi connectivity index (χ1n) is 4.89. The van der Waals surface area contributed by atoms with Crippen molar-refractivity contribution in [3.63, 3.8) is 0 Å². The van der Waals surface area contributed by atoms with Gasteiger partial charge in [-0.2, -0.15) is 0 Å². The number of hydrogen-bond acceptors (Lipinski definition) is 3. The molecule has 0 bridgehead atoms. The van der Waals surface area contributed by atoms with E-state index in [9.17, 15) is 5.11 Å². The minimum absolute atomic E-state index is 0.618.